The number of aryl methyl sites for hydroxylation is 1. The van der Waals surface area contributed by atoms with Gasteiger partial charge in [-0.2, -0.15) is 0 Å². The zero-order valence-electron chi connectivity index (χ0n) is 13.6. The standard InChI is InChI=1S/C17H28N2O/c1-7-17(5,6)19-16(20)14(4)18-13(3)15-10-8-12(2)9-11-15/h8-11,13-14,18H,7H2,1-6H3,(H,19,20). The van der Waals surface area contributed by atoms with E-state index in [9.17, 15) is 4.79 Å². The van der Waals surface area contributed by atoms with Crippen LogP contribution in [-0.4, -0.2) is 17.5 Å². The summed E-state index contributed by atoms with van der Waals surface area (Å²) in [5.41, 5.74) is 2.29. The minimum Gasteiger partial charge on any atom is -0.350 e. The minimum atomic E-state index is -0.211. The van der Waals surface area contributed by atoms with Crippen LogP contribution in [0.15, 0.2) is 24.3 Å². The predicted octanol–water partition coefficient (Wildman–Crippen LogP) is 3.34. The topological polar surface area (TPSA) is 41.1 Å². The number of carbonyl (C=O) groups excluding carboxylic acids is 1. The van der Waals surface area contributed by atoms with Gasteiger partial charge in [0, 0.05) is 11.6 Å². The molecule has 0 bridgehead atoms. The molecule has 20 heavy (non-hydrogen) atoms. The first-order valence-corrected chi connectivity index (χ1v) is 7.40. The van der Waals surface area contributed by atoms with Gasteiger partial charge in [0.05, 0.1) is 6.04 Å². The van der Waals surface area contributed by atoms with Crippen LogP contribution in [0.25, 0.3) is 0 Å². The highest BCUT2D eigenvalue weighted by Crippen LogP contribution is 2.14. The molecule has 3 heteroatoms. The van der Waals surface area contributed by atoms with Crippen LogP contribution in [0.4, 0.5) is 0 Å². The summed E-state index contributed by atoms with van der Waals surface area (Å²) in [5.74, 6) is 0.0517. The molecule has 0 saturated heterocycles. The quantitative estimate of drug-likeness (QED) is 0.836. The van der Waals surface area contributed by atoms with Gasteiger partial charge in [0.25, 0.3) is 0 Å². The highest BCUT2D eigenvalue weighted by atomic mass is 16.2. The summed E-state index contributed by atoms with van der Waals surface area (Å²) < 4.78 is 0. The maximum absolute atomic E-state index is 12.2. The van der Waals surface area contributed by atoms with Crippen LogP contribution in [0.3, 0.4) is 0 Å². The molecule has 1 aromatic rings. The van der Waals surface area contributed by atoms with Gasteiger partial charge in [-0.15, -0.1) is 0 Å². The van der Waals surface area contributed by atoms with Gasteiger partial charge >= 0.3 is 0 Å². The zero-order chi connectivity index (χ0) is 15.3. The summed E-state index contributed by atoms with van der Waals surface area (Å²) in [6.07, 6.45) is 0.916. The van der Waals surface area contributed by atoms with Crippen molar-refractivity contribution >= 4 is 5.91 Å². The Hall–Kier alpha value is -1.35. The molecule has 0 radical (unpaired) electrons. The van der Waals surface area contributed by atoms with Crippen LogP contribution in [0.1, 0.15) is 58.2 Å². The Morgan fingerprint density at radius 2 is 1.75 bits per heavy atom. The second-order valence-corrected chi connectivity index (χ2v) is 6.25. The van der Waals surface area contributed by atoms with Crippen molar-refractivity contribution < 1.29 is 4.79 Å². The molecule has 1 aromatic carbocycles. The van der Waals surface area contributed by atoms with Gasteiger partial charge in [0.1, 0.15) is 0 Å². The molecular weight excluding hydrogens is 248 g/mol. The average molecular weight is 276 g/mol. The van der Waals surface area contributed by atoms with Crippen molar-refractivity contribution in [2.24, 2.45) is 0 Å². The Morgan fingerprint density at radius 1 is 1.20 bits per heavy atom. The third-order valence-electron chi connectivity index (χ3n) is 3.82. The summed E-state index contributed by atoms with van der Waals surface area (Å²) in [6.45, 7) is 12.2. The van der Waals surface area contributed by atoms with Crippen molar-refractivity contribution in [2.75, 3.05) is 0 Å². The molecule has 3 nitrogen and oxygen atoms in total. The molecule has 0 aromatic heterocycles. The van der Waals surface area contributed by atoms with Crippen LogP contribution in [0.2, 0.25) is 0 Å². The fraction of sp³-hybridized carbons (Fsp3) is 0.588. The van der Waals surface area contributed by atoms with Crippen molar-refractivity contribution in [1.82, 2.24) is 10.6 Å². The molecule has 1 amide bonds. The van der Waals surface area contributed by atoms with Gasteiger partial charge in [0.15, 0.2) is 0 Å². The van der Waals surface area contributed by atoms with Gasteiger partial charge in [-0.25, -0.2) is 0 Å². The maximum Gasteiger partial charge on any atom is 0.237 e. The summed E-state index contributed by atoms with van der Waals surface area (Å²) >= 11 is 0. The van der Waals surface area contributed by atoms with E-state index < -0.39 is 0 Å². The molecule has 0 aliphatic carbocycles. The largest absolute Gasteiger partial charge is 0.350 e. The first-order chi connectivity index (χ1) is 9.25. The van der Waals surface area contributed by atoms with Gasteiger partial charge in [-0.3, -0.25) is 10.1 Å². The molecule has 0 saturated carbocycles. The van der Waals surface area contributed by atoms with Crippen molar-refractivity contribution in [3.8, 4) is 0 Å². The lowest BCUT2D eigenvalue weighted by atomic mass is 10.0. The monoisotopic (exact) mass is 276 g/mol. The number of hydrogen-bond donors (Lipinski definition) is 2. The SMILES string of the molecule is CCC(C)(C)NC(=O)C(C)NC(C)c1ccc(C)cc1. The van der Waals surface area contributed by atoms with Crippen molar-refractivity contribution in [3.63, 3.8) is 0 Å². The van der Waals surface area contributed by atoms with Crippen molar-refractivity contribution in [1.29, 1.82) is 0 Å². The molecule has 0 fully saturated rings. The number of rotatable bonds is 6. The van der Waals surface area contributed by atoms with Crippen molar-refractivity contribution in [2.45, 2.75) is 65.6 Å². The molecule has 2 N–H and O–H groups in total. The number of carbonyl (C=O) groups is 1. The van der Waals surface area contributed by atoms with Crippen LogP contribution in [0.5, 0.6) is 0 Å². The summed E-state index contributed by atoms with van der Waals surface area (Å²) in [5, 5.41) is 6.42. The van der Waals surface area contributed by atoms with Gasteiger partial charge in [-0.1, -0.05) is 36.8 Å². The molecule has 2 unspecified atom stereocenters. The molecule has 0 aliphatic rings. The van der Waals surface area contributed by atoms with E-state index in [1.165, 1.54) is 11.1 Å². The maximum atomic E-state index is 12.2. The lowest BCUT2D eigenvalue weighted by Gasteiger charge is -2.28. The predicted molar refractivity (Wildman–Crippen MR) is 84.7 cm³/mol. The van der Waals surface area contributed by atoms with Gasteiger partial charge in [-0.05, 0) is 46.6 Å². The molecule has 0 aliphatic heterocycles. The Morgan fingerprint density at radius 3 is 2.25 bits per heavy atom. The third kappa shape index (κ3) is 4.97. The number of benzene rings is 1. The van der Waals surface area contributed by atoms with E-state index in [-0.39, 0.29) is 23.5 Å². The Kier molecular flexibility index (Phi) is 5.75. The van der Waals surface area contributed by atoms with Gasteiger partial charge < -0.3 is 5.32 Å². The Balaban J connectivity index is 2.59. The summed E-state index contributed by atoms with van der Waals surface area (Å²) in [4.78, 5) is 12.2. The van der Waals surface area contributed by atoms with Crippen molar-refractivity contribution in [3.05, 3.63) is 35.4 Å². The first-order valence-electron chi connectivity index (χ1n) is 7.40. The second kappa shape index (κ2) is 6.89. The van der Waals surface area contributed by atoms with E-state index in [1.54, 1.807) is 0 Å². The normalized spacial score (nSPS) is 14.7. The molecule has 0 spiro atoms. The van der Waals surface area contributed by atoms with Crippen LogP contribution in [0, 0.1) is 6.92 Å². The molecule has 1 rings (SSSR count). The number of amides is 1. The zero-order valence-corrected chi connectivity index (χ0v) is 13.6. The van der Waals surface area contributed by atoms with E-state index >= 15 is 0 Å². The lowest BCUT2D eigenvalue weighted by molar-refractivity contribution is -0.124. The fourth-order valence-corrected chi connectivity index (χ4v) is 1.93. The smallest absolute Gasteiger partial charge is 0.237 e. The second-order valence-electron chi connectivity index (χ2n) is 6.25. The Labute approximate surface area is 123 Å². The molecule has 112 valence electrons. The highest BCUT2D eigenvalue weighted by Gasteiger charge is 2.22. The van der Waals surface area contributed by atoms with E-state index in [0.717, 1.165) is 6.42 Å². The minimum absolute atomic E-state index is 0.0517. The third-order valence-corrected chi connectivity index (χ3v) is 3.82. The lowest BCUT2D eigenvalue weighted by Crippen LogP contribution is -2.51. The molecular formula is C17H28N2O. The van der Waals surface area contributed by atoms with Gasteiger partial charge in [0.2, 0.25) is 5.91 Å². The van der Waals surface area contributed by atoms with E-state index in [4.69, 9.17) is 0 Å². The van der Waals surface area contributed by atoms with E-state index in [0.29, 0.717) is 0 Å². The van der Waals surface area contributed by atoms with Crippen LogP contribution >= 0.6 is 0 Å². The number of hydrogen-bond acceptors (Lipinski definition) is 2. The molecule has 0 heterocycles. The average Bonchev–Trinajstić information content (AvgIpc) is 2.38. The van der Waals surface area contributed by atoms with Crippen LogP contribution in [-0.2, 0) is 4.79 Å². The number of nitrogens with one attached hydrogen (secondary N) is 2. The first kappa shape index (κ1) is 16.7. The molecule has 2 atom stereocenters. The summed E-state index contributed by atoms with van der Waals surface area (Å²) in [7, 11) is 0. The highest BCUT2D eigenvalue weighted by molar-refractivity contribution is 5.82. The fourth-order valence-electron chi connectivity index (χ4n) is 1.93. The van der Waals surface area contributed by atoms with E-state index in [1.807, 2.05) is 20.8 Å². The Bertz CT molecular complexity index is 437. The summed E-state index contributed by atoms with van der Waals surface area (Å²) in [6, 6.07) is 8.34. The van der Waals surface area contributed by atoms with Crippen LogP contribution < -0.4 is 10.6 Å². The van der Waals surface area contributed by atoms with E-state index in [2.05, 4.69) is 55.7 Å².